The summed E-state index contributed by atoms with van der Waals surface area (Å²) in [5.74, 6) is -1.34. The van der Waals surface area contributed by atoms with Gasteiger partial charge in [-0.3, -0.25) is 9.69 Å². The molecule has 154 valence electrons. The van der Waals surface area contributed by atoms with Crippen molar-refractivity contribution in [3.63, 3.8) is 0 Å². The molecular weight excluding hydrogens is 376 g/mol. The average molecular weight is 401 g/mol. The summed E-state index contributed by atoms with van der Waals surface area (Å²) in [6, 6.07) is 12.6. The summed E-state index contributed by atoms with van der Waals surface area (Å²) in [7, 11) is 3.45. The molecule has 4 atom stereocenters. The zero-order chi connectivity index (χ0) is 20.5. The van der Waals surface area contributed by atoms with Crippen LogP contribution in [0.1, 0.15) is 36.5 Å². The second-order valence-electron chi connectivity index (χ2n) is 7.91. The number of rotatable bonds is 5. The summed E-state index contributed by atoms with van der Waals surface area (Å²) in [6.45, 7) is 0. The minimum atomic E-state index is -0.531. The first-order valence-corrected chi connectivity index (χ1v) is 9.94. The molecule has 2 heterocycles. The van der Waals surface area contributed by atoms with Crippen LogP contribution in [0.4, 0.5) is 8.78 Å². The molecule has 0 saturated carbocycles. The molecule has 29 heavy (non-hydrogen) atoms. The molecular formula is C23H25F2NO3. The van der Waals surface area contributed by atoms with E-state index in [-0.39, 0.29) is 29.7 Å². The van der Waals surface area contributed by atoms with Crippen LogP contribution in [0.25, 0.3) is 0 Å². The van der Waals surface area contributed by atoms with Crippen molar-refractivity contribution in [1.29, 1.82) is 0 Å². The van der Waals surface area contributed by atoms with Gasteiger partial charge in [0.05, 0.1) is 19.1 Å². The van der Waals surface area contributed by atoms with Gasteiger partial charge >= 0.3 is 5.97 Å². The third-order valence-electron chi connectivity index (χ3n) is 6.34. The van der Waals surface area contributed by atoms with Gasteiger partial charge in [-0.2, -0.15) is 0 Å². The Kier molecular flexibility index (Phi) is 5.65. The second-order valence-corrected chi connectivity index (χ2v) is 7.91. The molecule has 2 aromatic rings. The van der Waals surface area contributed by atoms with Crippen LogP contribution in [-0.2, 0) is 14.3 Å². The van der Waals surface area contributed by atoms with Gasteiger partial charge in [0.2, 0.25) is 0 Å². The van der Waals surface area contributed by atoms with E-state index in [4.69, 9.17) is 9.47 Å². The normalized spacial score (nSPS) is 26.7. The van der Waals surface area contributed by atoms with Crippen molar-refractivity contribution in [3.8, 4) is 0 Å². The molecule has 2 fully saturated rings. The summed E-state index contributed by atoms with van der Waals surface area (Å²) in [5, 5.41) is 0. The second kappa shape index (κ2) is 8.20. The predicted octanol–water partition coefficient (Wildman–Crippen LogP) is 4.10. The Balaban J connectivity index is 1.68. The molecule has 2 aliphatic rings. The van der Waals surface area contributed by atoms with Gasteiger partial charge in [0.25, 0.3) is 0 Å². The van der Waals surface area contributed by atoms with E-state index in [1.165, 1.54) is 31.4 Å². The van der Waals surface area contributed by atoms with Crippen molar-refractivity contribution in [3.05, 3.63) is 71.3 Å². The first kappa shape index (κ1) is 20.0. The fourth-order valence-corrected chi connectivity index (χ4v) is 4.81. The van der Waals surface area contributed by atoms with E-state index in [1.807, 2.05) is 7.05 Å². The number of carbonyl (C=O) groups excluding carboxylic acids is 1. The number of hydrogen-bond acceptors (Lipinski definition) is 4. The predicted molar refractivity (Wildman–Crippen MR) is 104 cm³/mol. The van der Waals surface area contributed by atoms with E-state index in [0.717, 1.165) is 24.0 Å². The van der Waals surface area contributed by atoms with Crippen LogP contribution in [0.5, 0.6) is 0 Å². The van der Waals surface area contributed by atoms with Crippen LogP contribution in [0.2, 0.25) is 0 Å². The number of esters is 1. The Hall–Kier alpha value is -2.31. The van der Waals surface area contributed by atoms with Gasteiger partial charge in [-0.15, -0.1) is 0 Å². The van der Waals surface area contributed by atoms with Gasteiger partial charge in [0.1, 0.15) is 17.7 Å². The fourth-order valence-electron chi connectivity index (χ4n) is 4.81. The van der Waals surface area contributed by atoms with Crippen molar-refractivity contribution in [2.45, 2.75) is 43.6 Å². The number of nitrogens with zero attached hydrogens (tertiary/aromatic N) is 1. The quantitative estimate of drug-likeness (QED) is 0.708. The van der Waals surface area contributed by atoms with E-state index in [1.54, 1.807) is 24.3 Å². The number of benzene rings is 2. The molecule has 2 saturated heterocycles. The first-order valence-electron chi connectivity index (χ1n) is 9.94. The summed E-state index contributed by atoms with van der Waals surface area (Å²) >= 11 is 0. The van der Waals surface area contributed by atoms with Crippen LogP contribution in [0.3, 0.4) is 0 Å². The van der Waals surface area contributed by atoms with Gasteiger partial charge in [-0.05, 0) is 61.7 Å². The molecule has 0 aromatic heterocycles. The highest BCUT2D eigenvalue weighted by Gasteiger charge is 2.50. The van der Waals surface area contributed by atoms with Gasteiger partial charge in [0, 0.05) is 12.1 Å². The molecule has 6 heteroatoms. The van der Waals surface area contributed by atoms with Crippen LogP contribution in [0.15, 0.2) is 48.5 Å². The molecule has 0 spiro atoms. The zero-order valence-electron chi connectivity index (χ0n) is 16.6. The third-order valence-corrected chi connectivity index (χ3v) is 6.34. The fraction of sp³-hybridized carbons (Fsp3) is 0.435. The van der Waals surface area contributed by atoms with Crippen LogP contribution >= 0.6 is 0 Å². The lowest BCUT2D eigenvalue weighted by molar-refractivity contribution is -0.162. The highest BCUT2D eigenvalue weighted by Crippen LogP contribution is 2.42. The van der Waals surface area contributed by atoms with Crippen molar-refractivity contribution < 1.29 is 23.0 Å². The summed E-state index contributed by atoms with van der Waals surface area (Å²) in [5.41, 5.74) is 1.51. The molecule has 4 nitrogen and oxygen atoms in total. The zero-order valence-corrected chi connectivity index (χ0v) is 16.6. The molecule has 4 rings (SSSR count). The molecule has 2 bridgehead atoms. The van der Waals surface area contributed by atoms with E-state index < -0.39 is 12.0 Å². The molecule has 2 aromatic carbocycles. The minimum absolute atomic E-state index is 0.0771. The maximum atomic E-state index is 13.5. The number of hydrogen-bond donors (Lipinski definition) is 0. The maximum Gasteiger partial charge on any atom is 0.312 e. The third kappa shape index (κ3) is 3.91. The number of carbonyl (C=O) groups is 1. The first-order chi connectivity index (χ1) is 14.0. The van der Waals surface area contributed by atoms with E-state index in [9.17, 15) is 13.6 Å². The maximum absolute atomic E-state index is 13.5. The molecule has 0 aliphatic carbocycles. The van der Waals surface area contributed by atoms with Gasteiger partial charge < -0.3 is 9.47 Å². The van der Waals surface area contributed by atoms with Gasteiger partial charge in [-0.25, -0.2) is 8.78 Å². The Morgan fingerprint density at radius 3 is 2.07 bits per heavy atom. The lowest BCUT2D eigenvalue weighted by atomic mass is 9.87. The molecule has 0 N–H and O–H groups in total. The van der Waals surface area contributed by atoms with E-state index in [2.05, 4.69) is 4.90 Å². The van der Waals surface area contributed by atoms with Gasteiger partial charge in [-0.1, -0.05) is 24.3 Å². The topological polar surface area (TPSA) is 38.8 Å². The van der Waals surface area contributed by atoms with Crippen molar-refractivity contribution in [2.24, 2.45) is 5.92 Å². The number of halogens is 2. The standard InChI is InChI=1S/C23H25F2NO3/c1-26-18-11-12-19(26)21(23(27)28-2)20(13-18)29-22(14-3-7-16(24)8-4-14)15-5-9-17(25)10-6-15/h3-10,18-22H,11-13H2,1-2H3/t18?,19-,20+,21+/m0/s1. The number of piperidine rings is 1. The van der Waals surface area contributed by atoms with Gasteiger partial charge in [0.15, 0.2) is 0 Å². The highest BCUT2D eigenvalue weighted by atomic mass is 19.1. The van der Waals surface area contributed by atoms with Crippen molar-refractivity contribution in [1.82, 2.24) is 4.90 Å². The van der Waals surface area contributed by atoms with E-state index >= 15 is 0 Å². The molecule has 0 amide bonds. The Morgan fingerprint density at radius 2 is 1.55 bits per heavy atom. The van der Waals surface area contributed by atoms with Crippen LogP contribution in [-0.4, -0.2) is 43.2 Å². The smallest absolute Gasteiger partial charge is 0.312 e. The number of ether oxygens (including phenoxy) is 2. The number of fused-ring (bicyclic) bond motifs is 2. The molecule has 1 unspecified atom stereocenters. The highest BCUT2D eigenvalue weighted by molar-refractivity contribution is 5.74. The SMILES string of the molecule is COC(=O)[C@H]1[C@H](OC(c2ccc(F)cc2)c2ccc(F)cc2)CC2CC[C@@H]1N2C. The Morgan fingerprint density at radius 1 is 1.00 bits per heavy atom. The van der Waals surface area contributed by atoms with Crippen LogP contribution in [0, 0.1) is 17.6 Å². The summed E-state index contributed by atoms with van der Waals surface area (Å²) in [6.07, 6.45) is 1.80. The van der Waals surface area contributed by atoms with E-state index in [0.29, 0.717) is 12.5 Å². The minimum Gasteiger partial charge on any atom is -0.469 e. The van der Waals surface area contributed by atoms with Crippen molar-refractivity contribution in [2.75, 3.05) is 14.2 Å². The van der Waals surface area contributed by atoms with Crippen LogP contribution < -0.4 is 0 Å². The number of methoxy groups -OCH3 is 1. The molecule has 2 aliphatic heterocycles. The lowest BCUT2D eigenvalue weighted by Crippen LogP contribution is -2.53. The lowest BCUT2D eigenvalue weighted by Gasteiger charge is -2.42. The molecule has 0 radical (unpaired) electrons. The van der Waals surface area contributed by atoms with Crippen molar-refractivity contribution >= 4 is 5.97 Å². The Bertz CT molecular complexity index is 810. The largest absolute Gasteiger partial charge is 0.469 e. The summed E-state index contributed by atoms with van der Waals surface area (Å²) < 4.78 is 38.6. The summed E-state index contributed by atoms with van der Waals surface area (Å²) in [4.78, 5) is 14.9. The monoisotopic (exact) mass is 401 g/mol. The Labute approximate surface area is 169 Å². The average Bonchev–Trinajstić information content (AvgIpc) is 2.96.